The second-order valence-electron chi connectivity index (χ2n) is 10.5. The summed E-state index contributed by atoms with van der Waals surface area (Å²) in [5, 5.41) is 0. The Hall–Kier alpha value is -5.42. The molecule has 0 fully saturated rings. The number of benzene rings is 6. The maximum atomic E-state index is 6.59. The molecule has 3 aliphatic rings. The van der Waals surface area contributed by atoms with E-state index >= 15 is 0 Å². The molecule has 5 heteroatoms. The van der Waals surface area contributed by atoms with Crippen LogP contribution >= 0.6 is 0 Å². The summed E-state index contributed by atoms with van der Waals surface area (Å²) in [4.78, 5) is 2.29. The summed E-state index contributed by atoms with van der Waals surface area (Å²) >= 11 is 0. The molecular weight excluding hydrogens is 505 g/mol. The Bertz CT molecular complexity index is 2010. The van der Waals surface area contributed by atoms with Crippen molar-refractivity contribution in [3.8, 4) is 45.6 Å². The van der Waals surface area contributed by atoms with E-state index in [9.17, 15) is 0 Å². The summed E-state index contributed by atoms with van der Waals surface area (Å²) in [5.74, 6) is 5.09. The lowest BCUT2D eigenvalue weighted by molar-refractivity contribution is 0.464. The minimum atomic E-state index is 0.0460. The average molecular weight is 527 g/mol. The quantitative estimate of drug-likeness (QED) is 0.216. The molecule has 0 unspecified atom stereocenters. The van der Waals surface area contributed by atoms with Gasteiger partial charge < -0.3 is 19.1 Å². The summed E-state index contributed by atoms with van der Waals surface area (Å²) in [7, 11) is 0. The van der Waals surface area contributed by atoms with Crippen LogP contribution in [0.1, 0.15) is 0 Å². The molecule has 192 valence electrons. The Balaban J connectivity index is 1.23. The molecule has 6 aromatic rings. The second kappa shape index (κ2) is 8.54. The summed E-state index contributed by atoms with van der Waals surface area (Å²) in [6.45, 7) is 0.0460. The largest absolute Gasteiger partial charge is 0.458 e. The van der Waals surface area contributed by atoms with Crippen LogP contribution in [0.2, 0.25) is 0 Å². The van der Waals surface area contributed by atoms with Crippen LogP contribution in [0.15, 0.2) is 133 Å². The number of fused-ring (bicyclic) bond motifs is 6. The SMILES string of the molecule is c1ccc(N2c3ccccc3Oc3cccc(-c4ccc5c(c4)Oc4cccc6c4B5c4ccccc4O6)c32)cc1. The smallest absolute Gasteiger partial charge is 0.260 e. The highest BCUT2D eigenvalue weighted by atomic mass is 16.5. The van der Waals surface area contributed by atoms with Crippen molar-refractivity contribution in [3.05, 3.63) is 133 Å². The Morgan fingerprint density at radius 3 is 1.98 bits per heavy atom. The monoisotopic (exact) mass is 527 g/mol. The van der Waals surface area contributed by atoms with Crippen LogP contribution in [0, 0.1) is 0 Å². The number of rotatable bonds is 2. The van der Waals surface area contributed by atoms with Gasteiger partial charge in [0.2, 0.25) is 0 Å². The minimum Gasteiger partial charge on any atom is -0.458 e. The van der Waals surface area contributed by atoms with Gasteiger partial charge in [0.1, 0.15) is 23.0 Å². The number of para-hydroxylation sites is 5. The van der Waals surface area contributed by atoms with Gasteiger partial charge in [0.15, 0.2) is 11.5 Å². The fraction of sp³-hybridized carbons (Fsp3) is 0. The van der Waals surface area contributed by atoms with Crippen molar-refractivity contribution >= 4 is 40.2 Å². The molecule has 0 spiro atoms. The molecule has 41 heavy (non-hydrogen) atoms. The van der Waals surface area contributed by atoms with Gasteiger partial charge in [-0.15, -0.1) is 0 Å². The van der Waals surface area contributed by atoms with Gasteiger partial charge in [0.05, 0.1) is 11.4 Å². The van der Waals surface area contributed by atoms with Gasteiger partial charge in [-0.2, -0.15) is 0 Å². The van der Waals surface area contributed by atoms with Gasteiger partial charge in [-0.25, -0.2) is 0 Å². The first kappa shape index (κ1) is 22.4. The van der Waals surface area contributed by atoms with Gasteiger partial charge in [0.25, 0.3) is 6.71 Å². The van der Waals surface area contributed by atoms with Crippen LogP contribution in [0.3, 0.4) is 0 Å². The zero-order valence-corrected chi connectivity index (χ0v) is 22.0. The second-order valence-corrected chi connectivity index (χ2v) is 10.5. The lowest BCUT2D eigenvalue weighted by atomic mass is 9.35. The molecule has 0 bridgehead atoms. The Morgan fingerprint density at radius 2 is 1.10 bits per heavy atom. The van der Waals surface area contributed by atoms with Crippen LogP contribution in [0.4, 0.5) is 17.1 Å². The van der Waals surface area contributed by atoms with Crippen molar-refractivity contribution in [1.82, 2.24) is 0 Å². The topological polar surface area (TPSA) is 30.9 Å². The van der Waals surface area contributed by atoms with E-state index in [0.29, 0.717) is 0 Å². The number of anilines is 3. The third kappa shape index (κ3) is 3.29. The van der Waals surface area contributed by atoms with Crippen molar-refractivity contribution in [1.29, 1.82) is 0 Å². The minimum absolute atomic E-state index is 0.0460. The number of nitrogens with zero attached hydrogens (tertiary/aromatic N) is 1. The summed E-state index contributed by atoms with van der Waals surface area (Å²) in [5.41, 5.74) is 8.59. The predicted molar refractivity (Wildman–Crippen MR) is 164 cm³/mol. The zero-order chi connectivity index (χ0) is 26.9. The van der Waals surface area contributed by atoms with Gasteiger partial charge in [-0.1, -0.05) is 78.9 Å². The van der Waals surface area contributed by atoms with Crippen LogP contribution in [0.25, 0.3) is 11.1 Å². The Morgan fingerprint density at radius 1 is 0.463 bits per heavy atom. The molecule has 0 saturated heterocycles. The molecular formula is C36H22BNO3. The summed E-state index contributed by atoms with van der Waals surface area (Å²) in [6, 6.07) is 45.8. The van der Waals surface area contributed by atoms with Crippen molar-refractivity contribution < 1.29 is 14.2 Å². The van der Waals surface area contributed by atoms with Crippen molar-refractivity contribution in [2.24, 2.45) is 0 Å². The third-order valence-corrected chi connectivity index (χ3v) is 8.18. The number of hydrogen-bond acceptors (Lipinski definition) is 4. The van der Waals surface area contributed by atoms with E-state index in [4.69, 9.17) is 14.2 Å². The van der Waals surface area contributed by atoms with Crippen molar-refractivity contribution in [2.45, 2.75) is 0 Å². The van der Waals surface area contributed by atoms with Gasteiger partial charge in [0, 0.05) is 16.7 Å². The van der Waals surface area contributed by atoms with Crippen LogP contribution < -0.4 is 35.5 Å². The van der Waals surface area contributed by atoms with E-state index in [1.807, 2.05) is 54.6 Å². The van der Waals surface area contributed by atoms with E-state index in [1.165, 1.54) is 0 Å². The maximum absolute atomic E-state index is 6.59. The third-order valence-electron chi connectivity index (χ3n) is 8.18. The Kier molecular flexibility index (Phi) is 4.67. The maximum Gasteiger partial charge on any atom is 0.260 e. The van der Waals surface area contributed by atoms with Crippen molar-refractivity contribution in [2.75, 3.05) is 4.90 Å². The van der Waals surface area contributed by atoms with Crippen molar-refractivity contribution in [3.63, 3.8) is 0 Å². The average Bonchev–Trinajstić information content (AvgIpc) is 3.03. The lowest BCUT2D eigenvalue weighted by Crippen LogP contribution is -2.57. The molecule has 9 rings (SSSR count). The molecule has 0 aromatic heterocycles. The lowest BCUT2D eigenvalue weighted by Gasteiger charge is -2.35. The fourth-order valence-corrected chi connectivity index (χ4v) is 6.42. The summed E-state index contributed by atoms with van der Waals surface area (Å²) < 4.78 is 19.3. The van der Waals surface area contributed by atoms with E-state index in [1.54, 1.807) is 0 Å². The molecule has 4 nitrogen and oxygen atoms in total. The normalized spacial score (nSPS) is 13.4. The van der Waals surface area contributed by atoms with E-state index in [2.05, 4.69) is 83.8 Å². The first-order valence-electron chi connectivity index (χ1n) is 13.8. The van der Waals surface area contributed by atoms with Gasteiger partial charge in [-0.05, 0) is 71.1 Å². The molecule has 0 amide bonds. The highest BCUT2D eigenvalue weighted by Crippen LogP contribution is 2.54. The van der Waals surface area contributed by atoms with E-state index in [0.717, 1.165) is 79.1 Å². The van der Waals surface area contributed by atoms with Crippen LogP contribution in [0.5, 0.6) is 34.5 Å². The van der Waals surface area contributed by atoms with E-state index < -0.39 is 0 Å². The standard InChI is InChI=1S/C36H22BNO3/c1-2-10-24(11-3-1)38-28-14-5-7-16-30(28)40-33-19-8-12-25(36(33)38)23-20-21-27-34(22-23)41-32-18-9-17-31-35(32)37(27)26-13-4-6-15-29(26)39-31/h1-22H. The summed E-state index contributed by atoms with van der Waals surface area (Å²) in [6.07, 6.45) is 0. The molecule has 0 N–H and O–H groups in total. The molecule has 0 saturated carbocycles. The number of ether oxygens (including phenoxy) is 3. The molecule has 0 atom stereocenters. The van der Waals surface area contributed by atoms with E-state index in [-0.39, 0.29) is 6.71 Å². The van der Waals surface area contributed by atoms with Crippen LogP contribution in [-0.2, 0) is 0 Å². The first-order valence-corrected chi connectivity index (χ1v) is 13.8. The molecule has 3 aliphatic heterocycles. The highest BCUT2D eigenvalue weighted by Gasteiger charge is 2.40. The fourth-order valence-electron chi connectivity index (χ4n) is 6.42. The van der Waals surface area contributed by atoms with Crippen LogP contribution in [-0.4, -0.2) is 6.71 Å². The molecule has 6 aromatic carbocycles. The Labute approximate surface area is 238 Å². The molecule has 3 heterocycles. The number of hydrogen-bond donors (Lipinski definition) is 0. The van der Waals surface area contributed by atoms with Gasteiger partial charge in [-0.3, -0.25) is 0 Å². The zero-order valence-electron chi connectivity index (χ0n) is 22.0. The predicted octanol–water partition coefficient (Wildman–Crippen LogP) is 7.66. The first-order chi connectivity index (χ1) is 20.3. The highest BCUT2D eigenvalue weighted by molar-refractivity contribution is 6.98. The molecule has 0 aliphatic carbocycles. The van der Waals surface area contributed by atoms with Gasteiger partial charge >= 0.3 is 0 Å². The molecule has 0 radical (unpaired) electrons.